The average Bonchev–Trinajstić information content (AvgIpc) is 2.24. The van der Waals surface area contributed by atoms with Crippen LogP contribution in [0.5, 0.6) is 0 Å². The Bertz CT molecular complexity index is 418. The predicted molar refractivity (Wildman–Crippen MR) is 65.2 cm³/mol. The van der Waals surface area contributed by atoms with Crippen molar-refractivity contribution in [3.63, 3.8) is 0 Å². The van der Waals surface area contributed by atoms with Crippen LogP contribution in [0.4, 0.5) is 5.69 Å². The first-order valence-corrected chi connectivity index (χ1v) is 6.22. The Morgan fingerprint density at radius 1 is 1.44 bits per heavy atom. The second-order valence-corrected chi connectivity index (χ2v) is 4.47. The topological polar surface area (TPSA) is 60.2 Å². The molecule has 0 heterocycles. The molecule has 0 atom stereocenters. The van der Waals surface area contributed by atoms with E-state index >= 15 is 0 Å². The van der Waals surface area contributed by atoms with Gasteiger partial charge in [-0.3, -0.25) is 14.9 Å². The van der Waals surface area contributed by atoms with E-state index in [1.54, 1.807) is 24.8 Å². The third-order valence-electron chi connectivity index (χ3n) is 2.13. The van der Waals surface area contributed by atoms with E-state index in [9.17, 15) is 14.9 Å². The number of rotatable bonds is 5. The molecule has 1 aromatic carbocycles. The second kappa shape index (κ2) is 5.65. The Morgan fingerprint density at radius 3 is 2.69 bits per heavy atom. The Hall–Kier alpha value is -1.36. The first-order chi connectivity index (χ1) is 7.54. The van der Waals surface area contributed by atoms with E-state index in [1.165, 1.54) is 12.1 Å². The van der Waals surface area contributed by atoms with Gasteiger partial charge in [-0.25, -0.2) is 0 Å². The van der Waals surface area contributed by atoms with Crippen molar-refractivity contribution in [3.05, 3.63) is 39.4 Å². The first-order valence-electron chi connectivity index (χ1n) is 4.83. The molecule has 0 aromatic heterocycles. The summed E-state index contributed by atoms with van der Waals surface area (Å²) in [5, 5.41) is 10.6. The van der Waals surface area contributed by atoms with Gasteiger partial charge >= 0.3 is 0 Å². The van der Waals surface area contributed by atoms with Crippen molar-refractivity contribution >= 4 is 23.2 Å². The van der Waals surface area contributed by atoms with Crippen molar-refractivity contribution in [2.24, 2.45) is 0 Å². The Kier molecular flexibility index (Phi) is 4.49. The van der Waals surface area contributed by atoms with Crippen LogP contribution in [0, 0.1) is 17.0 Å². The van der Waals surface area contributed by atoms with Crippen LogP contribution in [-0.2, 0) is 0 Å². The molecule has 86 valence electrons. The number of Topliss-reactive ketones (excluding diaryl/α,β-unsaturated/α-hetero) is 1. The van der Waals surface area contributed by atoms with Crippen LogP contribution in [0.2, 0.25) is 0 Å². The fourth-order valence-corrected chi connectivity index (χ4v) is 1.76. The van der Waals surface area contributed by atoms with Gasteiger partial charge in [-0.2, -0.15) is 11.8 Å². The minimum absolute atomic E-state index is 0.0208. The van der Waals surface area contributed by atoms with Gasteiger partial charge in [0.1, 0.15) is 0 Å². The van der Waals surface area contributed by atoms with Gasteiger partial charge < -0.3 is 0 Å². The van der Waals surface area contributed by atoms with Gasteiger partial charge in [0.2, 0.25) is 0 Å². The molecule has 0 bridgehead atoms. The van der Waals surface area contributed by atoms with Crippen LogP contribution < -0.4 is 0 Å². The van der Waals surface area contributed by atoms with Crippen LogP contribution in [0.1, 0.15) is 22.3 Å². The largest absolute Gasteiger partial charge is 0.294 e. The molecule has 0 fully saturated rings. The van der Waals surface area contributed by atoms with Gasteiger partial charge in [-0.05, 0) is 24.8 Å². The molecule has 0 aliphatic carbocycles. The lowest BCUT2D eigenvalue weighted by atomic mass is 10.1. The average molecular weight is 239 g/mol. The molecule has 0 unspecified atom stereocenters. The van der Waals surface area contributed by atoms with Crippen molar-refractivity contribution in [2.45, 2.75) is 13.3 Å². The molecule has 0 radical (unpaired) electrons. The van der Waals surface area contributed by atoms with Crippen LogP contribution in [0.25, 0.3) is 0 Å². The highest BCUT2D eigenvalue weighted by Gasteiger charge is 2.12. The highest BCUT2D eigenvalue weighted by Crippen LogP contribution is 2.18. The number of nitrogens with zero attached hydrogens (tertiary/aromatic N) is 1. The Labute approximate surface area is 98.2 Å². The molecule has 0 saturated heterocycles. The molecule has 1 rings (SSSR count). The first kappa shape index (κ1) is 12.7. The fourth-order valence-electron chi connectivity index (χ4n) is 1.37. The highest BCUT2D eigenvalue weighted by molar-refractivity contribution is 7.98. The molecule has 0 amide bonds. The van der Waals surface area contributed by atoms with Crippen molar-refractivity contribution in [1.82, 2.24) is 0 Å². The monoisotopic (exact) mass is 239 g/mol. The van der Waals surface area contributed by atoms with Crippen LogP contribution >= 0.6 is 11.8 Å². The summed E-state index contributed by atoms with van der Waals surface area (Å²) < 4.78 is 0. The number of non-ortho nitro benzene ring substituents is 1. The molecule has 0 spiro atoms. The molecule has 4 nitrogen and oxygen atoms in total. The smallest absolute Gasteiger partial charge is 0.270 e. The van der Waals surface area contributed by atoms with Gasteiger partial charge in [-0.1, -0.05) is 0 Å². The summed E-state index contributed by atoms with van der Waals surface area (Å²) in [5.74, 6) is 0.696. The van der Waals surface area contributed by atoms with Gasteiger partial charge in [0, 0.05) is 29.9 Å². The molecular formula is C11H13NO3S. The standard InChI is InChI=1S/C11H13NO3S/c1-8-5-9(11(13)3-4-16-2)7-10(6-8)12(14)15/h5-7H,3-4H2,1-2H3. The number of nitro benzene ring substituents is 1. The van der Waals surface area contributed by atoms with E-state index in [0.29, 0.717) is 12.0 Å². The van der Waals surface area contributed by atoms with Crippen molar-refractivity contribution in [3.8, 4) is 0 Å². The summed E-state index contributed by atoms with van der Waals surface area (Å²) in [6.07, 6.45) is 2.34. The number of carbonyl (C=O) groups excluding carboxylic acids is 1. The zero-order valence-corrected chi connectivity index (χ0v) is 10.0. The van der Waals surface area contributed by atoms with Crippen LogP contribution in [0.3, 0.4) is 0 Å². The van der Waals surface area contributed by atoms with E-state index < -0.39 is 4.92 Å². The highest BCUT2D eigenvalue weighted by atomic mass is 32.2. The summed E-state index contributed by atoms with van der Waals surface area (Å²) in [5.41, 5.74) is 1.15. The normalized spacial score (nSPS) is 10.1. The number of hydrogen-bond acceptors (Lipinski definition) is 4. The van der Waals surface area contributed by atoms with Crippen molar-refractivity contribution in [2.75, 3.05) is 12.0 Å². The Balaban J connectivity index is 2.95. The minimum atomic E-state index is -0.474. The van der Waals surface area contributed by atoms with Gasteiger partial charge in [-0.15, -0.1) is 0 Å². The summed E-state index contributed by atoms with van der Waals surface area (Å²) in [4.78, 5) is 21.9. The zero-order chi connectivity index (χ0) is 12.1. The lowest BCUT2D eigenvalue weighted by Gasteiger charge is -2.02. The SMILES string of the molecule is CSCCC(=O)c1cc(C)cc([N+](=O)[O-])c1. The molecule has 5 heteroatoms. The third kappa shape index (κ3) is 3.34. The summed E-state index contributed by atoms with van der Waals surface area (Å²) in [6.45, 7) is 1.75. The number of hydrogen-bond donors (Lipinski definition) is 0. The van der Waals surface area contributed by atoms with Gasteiger partial charge in [0.05, 0.1) is 4.92 Å². The molecule has 1 aromatic rings. The van der Waals surface area contributed by atoms with E-state index in [0.717, 1.165) is 11.3 Å². The van der Waals surface area contributed by atoms with Gasteiger partial charge in [0.15, 0.2) is 5.78 Å². The maximum Gasteiger partial charge on any atom is 0.270 e. The molecule has 0 N–H and O–H groups in total. The summed E-state index contributed by atoms with van der Waals surface area (Å²) in [6, 6.07) is 4.50. The second-order valence-electron chi connectivity index (χ2n) is 3.48. The number of ketones is 1. The van der Waals surface area contributed by atoms with Crippen LogP contribution in [0.15, 0.2) is 18.2 Å². The van der Waals surface area contributed by atoms with Gasteiger partial charge in [0.25, 0.3) is 5.69 Å². The molecular weight excluding hydrogens is 226 g/mol. The maximum atomic E-state index is 11.7. The van der Waals surface area contributed by atoms with Crippen LogP contribution in [-0.4, -0.2) is 22.7 Å². The number of thioether (sulfide) groups is 1. The van der Waals surface area contributed by atoms with E-state index in [1.807, 2.05) is 6.26 Å². The van der Waals surface area contributed by atoms with E-state index in [-0.39, 0.29) is 11.5 Å². The lowest BCUT2D eigenvalue weighted by Crippen LogP contribution is -2.02. The van der Waals surface area contributed by atoms with E-state index in [4.69, 9.17) is 0 Å². The summed E-state index contributed by atoms with van der Waals surface area (Å²) in [7, 11) is 0. The number of aryl methyl sites for hydroxylation is 1. The minimum Gasteiger partial charge on any atom is -0.294 e. The summed E-state index contributed by atoms with van der Waals surface area (Å²) >= 11 is 1.58. The number of carbonyl (C=O) groups is 1. The number of benzene rings is 1. The molecule has 0 saturated carbocycles. The predicted octanol–water partition coefficient (Wildman–Crippen LogP) is 2.84. The Morgan fingerprint density at radius 2 is 2.12 bits per heavy atom. The zero-order valence-electron chi connectivity index (χ0n) is 9.23. The fraction of sp³-hybridized carbons (Fsp3) is 0.364. The molecule has 0 aliphatic rings. The number of nitro groups is 1. The van der Waals surface area contributed by atoms with Crippen molar-refractivity contribution in [1.29, 1.82) is 0 Å². The lowest BCUT2D eigenvalue weighted by molar-refractivity contribution is -0.384. The van der Waals surface area contributed by atoms with Crippen molar-refractivity contribution < 1.29 is 9.72 Å². The van der Waals surface area contributed by atoms with E-state index in [2.05, 4.69) is 0 Å². The quantitative estimate of drug-likeness (QED) is 0.450. The molecule has 16 heavy (non-hydrogen) atoms. The third-order valence-corrected chi connectivity index (χ3v) is 2.74. The maximum absolute atomic E-state index is 11.7. The molecule has 0 aliphatic heterocycles.